The van der Waals surface area contributed by atoms with Crippen molar-refractivity contribution in [1.82, 2.24) is 10.2 Å². The summed E-state index contributed by atoms with van der Waals surface area (Å²) in [4.78, 5) is 29.3. The summed E-state index contributed by atoms with van der Waals surface area (Å²) in [5, 5.41) is 7.02. The van der Waals surface area contributed by atoms with Gasteiger partial charge in [0.25, 0.3) is 5.91 Å². The molecule has 3 aromatic carbocycles. The topological polar surface area (TPSA) is 70.7 Å². The largest absolute Gasteiger partial charge is 0.381 e. The molecule has 190 valence electrons. The lowest BCUT2D eigenvalue weighted by Crippen LogP contribution is -2.54. The average molecular weight is 496 g/mol. The minimum absolute atomic E-state index is 0.0110. The van der Waals surface area contributed by atoms with Gasteiger partial charge >= 0.3 is 0 Å². The molecule has 6 rings (SSSR count). The van der Waals surface area contributed by atoms with Gasteiger partial charge in [0.2, 0.25) is 5.91 Å². The van der Waals surface area contributed by atoms with Gasteiger partial charge in [-0.05, 0) is 48.6 Å². The van der Waals surface area contributed by atoms with E-state index in [9.17, 15) is 9.59 Å². The zero-order valence-corrected chi connectivity index (χ0v) is 20.9. The number of rotatable bonds is 5. The lowest BCUT2D eigenvalue weighted by Gasteiger charge is -2.42. The van der Waals surface area contributed by atoms with Crippen LogP contribution in [0.15, 0.2) is 84.9 Å². The van der Waals surface area contributed by atoms with Gasteiger partial charge in [-0.15, -0.1) is 0 Å². The van der Waals surface area contributed by atoms with Crippen LogP contribution in [0.25, 0.3) is 0 Å². The Bertz CT molecular complexity index is 1260. The predicted molar refractivity (Wildman–Crippen MR) is 143 cm³/mol. The second-order valence-electron chi connectivity index (χ2n) is 10.5. The van der Waals surface area contributed by atoms with Gasteiger partial charge in [-0.1, -0.05) is 66.7 Å². The van der Waals surface area contributed by atoms with Crippen molar-refractivity contribution in [3.63, 3.8) is 0 Å². The molecule has 3 aliphatic rings. The Morgan fingerprint density at radius 3 is 2.35 bits per heavy atom. The van der Waals surface area contributed by atoms with Crippen LogP contribution in [0.3, 0.4) is 0 Å². The van der Waals surface area contributed by atoms with Crippen LogP contribution < -0.4 is 10.6 Å². The second-order valence-corrected chi connectivity index (χ2v) is 10.5. The van der Waals surface area contributed by atoms with E-state index in [0.29, 0.717) is 38.2 Å². The number of fused-ring (bicyclic) bond motifs is 3. The van der Waals surface area contributed by atoms with Crippen LogP contribution in [0, 0.1) is 5.92 Å². The molecule has 0 spiro atoms. The van der Waals surface area contributed by atoms with Crippen molar-refractivity contribution in [2.75, 3.05) is 25.1 Å². The first kappa shape index (κ1) is 23.7. The highest BCUT2D eigenvalue weighted by atomic mass is 16.5. The lowest BCUT2D eigenvalue weighted by molar-refractivity contribution is -0.135. The van der Waals surface area contributed by atoms with Gasteiger partial charge in [0.1, 0.15) is 0 Å². The molecule has 2 fully saturated rings. The first-order chi connectivity index (χ1) is 18.1. The molecule has 0 aliphatic carbocycles. The quantitative estimate of drug-likeness (QED) is 0.516. The zero-order valence-electron chi connectivity index (χ0n) is 20.9. The molecule has 2 saturated heterocycles. The average Bonchev–Trinajstić information content (AvgIpc) is 3.40. The monoisotopic (exact) mass is 495 g/mol. The Morgan fingerprint density at radius 1 is 0.919 bits per heavy atom. The number of anilines is 1. The molecule has 0 unspecified atom stereocenters. The fourth-order valence-corrected chi connectivity index (χ4v) is 6.40. The van der Waals surface area contributed by atoms with Gasteiger partial charge in [-0.2, -0.15) is 0 Å². The third kappa shape index (κ3) is 4.62. The van der Waals surface area contributed by atoms with E-state index < -0.39 is 5.54 Å². The number of carbonyl (C=O) groups is 2. The summed E-state index contributed by atoms with van der Waals surface area (Å²) in [6, 6.07) is 28.3. The second kappa shape index (κ2) is 10.0. The number of nitrogens with one attached hydrogen (secondary N) is 2. The molecule has 6 nitrogen and oxygen atoms in total. The summed E-state index contributed by atoms with van der Waals surface area (Å²) in [6.45, 7) is 1.79. The third-order valence-electron chi connectivity index (χ3n) is 8.30. The van der Waals surface area contributed by atoms with E-state index in [2.05, 4.69) is 58.0 Å². The molecule has 0 bridgehead atoms. The lowest BCUT2D eigenvalue weighted by atomic mass is 9.79. The number of para-hydroxylation sites is 1. The first-order valence-electron chi connectivity index (χ1n) is 13.3. The van der Waals surface area contributed by atoms with Crippen molar-refractivity contribution in [3.8, 4) is 0 Å². The molecule has 3 aliphatic heterocycles. The Labute approximate surface area is 218 Å². The van der Waals surface area contributed by atoms with Crippen LogP contribution in [0.5, 0.6) is 0 Å². The highest BCUT2D eigenvalue weighted by Gasteiger charge is 2.48. The van der Waals surface area contributed by atoms with Crippen LogP contribution in [0.4, 0.5) is 5.69 Å². The number of carbonyl (C=O) groups excluding carboxylic acids is 2. The van der Waals surface area contributed by atoms with Gasteiger partial charge in [0.05, 0.1) is 24.0 Å². The summed E-state index contributed by atoms with van der Waals surface area (Å²) < 4.78 is 5.63. The standard InChI is InChI=1S/C31H33N3O3/c35-27(21-31(16-19-37-20-17-31)33-30(36)23-11-5-2-6-12-23)34-18-15-25-28(22-9-3-1-4-10-22)32-26-14-8-7-13-24(26)29(25)34/h1-14,25,28-29,32H,15-21H2,(H,33,36)/t25-,28+,29+/m0/s1. The summed E-state index contributed by atoms with van der Waals surface area (Å²) >= 11 is 0. The minimum Gasteiger partial charge on any atom is -0.381 e. The summed E-state index contributed by atoms with van der Waals surface area (Å²) in [5.74, 6) is 0.253. The normalized spacial score (nSPS) is 23.9. The first-order valence-corrected chi connectivity index (χ1v) is 13.3. The van der Waals surface area contributed by atoms with Crippen molar-refractivity contribution in [2.45, 2.75) is 43.3 Å². The van der Waals surface area contributed by atoms with Crippen LogP contribution >= 0.6 is 0 Å². The summed E-state index contributed by atoms with van der Waals surface area (Å²) in [6.07, 6.45) is 2.47. The Hall–Kier alpha value is -3.64. The Balaban J connectivity index is 1.27. The number of nitrogens with zero attached hydrogens (tertiary/aromatic N) is 1. The number of hydrogen-bond donors (Lipinski definition) is 2. The molecule has 2 amide bonds. The van der Waals surface area contributed by atoms with Gasteiger partial charge in [-0.3, -0.25) is 9.59 Å². The molecule has 6 heteroatoms. The molecule has 0 saturated carbocycles. The maximum Gasteiger partial charge on any atom is 0.251 e. The van der Waals surface area contributed by atoms with Crippen LogP contribution in [0.2, 0.25) is 0 Å². The molecule has 3 aromatic rings. The molecular formula is C31H33N3O3. The molecule has 3 atom stereocenters. The van der Waals surface area contributed by atoms with Gasteiger partial charge in [-0.25, -0.2) is 0 Å². The van der Waals surface area contributed by atoms with Gasteiger partial charge < -0.3 is 20.3 Å². The van der Waals surface area contributed by atoms with E-state index in [1.54, 1.807) is 0 Å². The smallest absolute Gasteiger partial charge is 0.251 e. The van der Waals surface area contributed by atoms with E-state index >= 15 is 0 Å². The van der Waals surface area contributed by atoms with Crippen molar-refractivity contribution >= 4 is 17.5 Å². The SMILES string of the molecule is O=C(NC1(CC(=O)N2CC[C@H]3[C@@H](c4ccccc4)Nc4ccccc4[C@H]32)CCOCC1)c1ccccc1. The molecular weight excluding hydrogens is 462 g/mol. The number of likely N-dealkylation sites (tertiary alicyclic amines) is 1. The maximum absolute atomic E-state index is 14.1. The number of benzene rings is 3. The molecule has 3 heterocycles. The van der Waals surface area contributed by atoms with E-state index in [0.717, 1.165) is 12.1 Å². The molecule has 0 aromatic heterocycles. The molecule has 37 heavy (non-hydrogen) atoms. The predicted octanol–water partition coefficient (Wildman–Crippen LogP) is 5.11. The Morgan fingerprint density at radius 2 is 1.59 bits per heavy atom. The van der Waals surface area contributed by atoms with Crippen molar-refractivity contribution in [1.29, 1.82) is 0 Å². The van der Waals surface area contributed by atoms with Crippen molar-refractivity contribution in [2.24, 2.45) is 5.92 Å². The maximum atomic E-state index is 14.1. The highest BCUT2D eigenvalue weighted by Crippen LogP contribution is 2.51. The number of hydrogen-bond acceptors (Lipinski definition) is 4. The van der Waals surface area contributed by atoms with Crippen molar-refractivity contribution in [3.05, 3.63) is 102 Å². The van der Waals surface area contributed by atoms with Crippen LogP contribution in [-0.4, -0.2) is 42.0 Å². The van der Waals surface area contributed by atoms with E-state index in [1.807, 2.05) is 42.5 Å². The minimum atomic E-state index is -0.606. The van der Waals surface area contributed by atoms with Gasteiger partial charge in [0.15, 0.2) is 0 Å². The van der Waals surface area contributed by atoms with E-state index in [-0.39, 0.29) is 36.2 Å². The summed E-state index contributed by atoms with van der Waals surface area (Å²) in [7, 11) is 0. The fraction of sp³-hybridized carbons (Fsp3) is 0.355. The fourth-order valence-electron chi connectivity index (χ4n) is 6.40. The zero-order chi connectivity index (χ0) is 25.2. The Kier molecular flexibility index (Phi) is 6.43. The molecule has 2 N–H and O–H groups in total. The summed E-state index contributed by atoms with van der Waals surface area (Å²) in [5.41, 5.74) is 3.53. The van der Waals surface area contributed by atoms with Crippen molar-refractivity contribution < 1.29 is 14.3 Å². The van der Waals surface area contributed by atoms with Crippen LogP contribution in [0.1, 0.15) is 59.3 Å². The van der Waals surface area contributed by atoms with Gasteiger partial charge in [0, 0.05) is 36.9 Å². The van der Waals surface area contributed by atoms with E-state index in [4.69, 9.17) is 4.74 Å². The van der Waals surface area contributed by atoms with E-state index in [1.165, 1.54) is 11.1 Å². The third-order valence-corrected chi connectivity index (χ3v) is 8.30. The number of ether oxygens (including phenoxy) is 1. The number of amides is 2. The van der Waals surface area contributed by atoms with Crippen LogP contribution in [-0.2, 0) is 9.53 Å². The highest BCUT2D eigenvalue weighted by molar-refractivity contribution is 5.95. The molecule has 0 radical (unpaired) electrons.